The summed E-state index contributed by atoms with van der Waals surface area (Å²) in [6.07, 6.45) is 3.66. The number of nitriles is 1. The quantitative estimate of drug-likeness (QED) is 0.289. The van der Waals surface area contributed by atoms with E-state index >= 15 is 0 Å². The van der Waals surface area contributed by atoms with Crippen molar-refractivity contribution in [3.05, 3.63) is 113 Å². The number of nitrogens with one attached hydrogen (secondary N) is 1. The SMILES string of the molecule is N#Cc1cc(C(=O)N/N=C/c2cccc3c2ccn3Cc2cccc3ccccc23)ccc1O. The van der Waals surface area contributed by atoms with Gasteiger partial charge in [-0.3, -0.25) is 4.79 Å². The van der Waals surface area contributed by atoms with Crippen LogP contribution in [0, 0.1) is 11.3 Å². The number of benzene rings is 4. The molecule has 0 fully saturated rings. The van der Waals surface area contributed by atoms with Crippen LogP contribution in [0.3, 0.4) is 0 Å². The summed E-state index contributed by atoms with van der Waals surface area (Å²) in [4.78, 5) is 12.4. The maximum atomic E-state index is 12.4. The Kier molecular flexibility index (Phi) is 5.51. The monoisotopic (exact) mass is 444 g/mol. The summed E-state index contributed by atoms with van der Waals surface area (Å²) in [5, 5.41) is 26.2. The second-order valence-corrected chi connectivity index (χ2v) is 7.90. The second-order valence-electron chi connectivity index (χ2n) is 7.90. The molecule has 0 unspecified atom stereocenters. The van der Waals surface area contributed by atoms with Crippen molar-refractivity contribution in [1.29, 1.82) is 5.26 Å². The normalized spacial score (nSPS) is 11.1. The van der Waals surface area contributed by atoms with Gasteiger partial charge < -0.3 is 9.67 Å². The van der Waals surface area contributed by atoms with E-state index in [2.05, 4.69) is 63.8 Å². The van der Waals surface area contributed by atoms with E-state index in [-0.39, 0.29) is 16.9 Å². The van der Waals surface area contributed by atoms with Crippen molar-refractivity contribution < 1.29 is 9.90 Å². The zero-order valence-electron chi connectivity index (χ0n) is 18.1. The van der Waals surface area contributed by atoms with E-state index in [1.165, 1.54) is 34.5 Å². The number of hydrogen-bond donors (Lipinski definition) is 2. The molecule has 6 heteroatoms. The molecule has 34 heavy (non-hydrogen) atoms. The first-order chi connectivity index (χ1) is 16.6. The lowest BCUT2D eigenvalue weighted by atomic mass is 10.0. The van der Waals surface area contributed by atoms with Gasteiger partial charge in [0.1, 0.15) is 11.8 Å². The van der Waals surface area contributed by atoms with E-state index < -0.39 is 5.91 Å². The fourth-order valence-electron chi connectivity index (χ4n) is 4.10. The highest BCUT2D eigenvalue weighted by Crippen LogP contribution is 2.24. The first kappa shape index (κ1) is 21.0. The molecular weight excluding hydrogens is 424 g/mol. The largest absolute Gasteiger partial charge is 0.507 e. The molecule has 0 aliphatic carbocycles. The van der Waals surface area contributed by atoms with Crippen molar-refractivity contribution in [3.63, 3.8) is 0 Å². The maximum absolute atomic E-state index is 12.4. The summed E-state index contributed by atoms with van der Waals surface area (Å²) >= 11 is 0. The molecule has 164 valence electrons. The van der Waals surface area contributed by atoms with Gasteiger partial charge in [0.15, 0.2) is 0 Å². The number of carbonyl (C=O) groups is 1. The number of fused-ring (bicyclic) bond motifs is 2. The Morgan fingerprint density at radius 3 is 2.71 bits per heavy atom. The summed E-state index contributed by atoms with van der Waals surface area (Å²) in [5.74, 6) is -0.629. The fraction of sp³-hybridized carbons (Fsp3) is 0.0357. The van der Waals surface area contributed by atoms with E-state index in [0.717, 1.165) is 23.0 Å². The van der Waals surface area contributed by atoms with Crippen LogP contribution in [0.1, 0.15) is 27.0 Å². The van der Waals surface area contributed by atoms with Gasteiger partial charge in [-0.05, 0) is 46.7 Å². The van der Waals surface area contributed by atoms with Gasteiger partial charge in [0.25, 0.3) is 5.91 Å². The molecule has 0 saturated heterocycles. The van der Waals surface area contributed by atoms with Gasteiger partial charge in [-0.15, -0.1) is 0 Å². The van der Waals surface area contributed by atoms with Crippen LogP contribution in [-0.2, 0) is 6.54 Å². The standard InChI is InChI=1S/C28H20N4O2/c29-16-23-15-20(11-12-27(23)33)28(34)31-30-17-21-7-4-10-26-25(21)13-14-32(26)18-22-8-3-6-19-5-1-2-9-24(19)22/h1-15,17,33H,18H2,(H,31,34)/b30-17+. The topological polar surface area (TPSA) is 90.4 Å². The minimum Gasteiger partial charge on any atom is -0.507 e. The molecule has 0 bridgehead atoms. The van der Waals surface area contributed by atoms with Gasteiger partial charge in [0, 0.05) is 34.8 Å². The zero-order valence-corrected chi connectivity index (χ0v) is 18.1. The van der Waals surface area contributed by atoms with Crippen LogP contribution >= 0.6 is 0 Å². The number of aromatic hydroxyl groups is 1. The number of hydrogen-bond acceptors (Lipinski definition) is 4. The number of nitrogens with zero attached hydrogens (tertiary/aromatic N) is 3. The summed E-state index contributed by atoms with van der Waals surface area (Å²) in [6, 6.07) is 28.7. The third kappa shape index (κ3) is 3.98. The van der Waals surface area contributed by atoms with Crippen molar-refractivity contribution in [2.24, 2.45) is 5.10 Å². The van der Waals surface area contributed by atoms with E-state index in [0.29, 0.717) is 0 Å². The van der Waals surface area contributed by atoms with Crippen LogP contribution in [0.2, 0.25) is 0 Å². The molecule has 0 radical (unpaired) electrons. The average molecular weight is 444 g/mol. The second kappa shape index (κ2) is 8.93. The predicted molar refractivity (Wildman–Crippen MR) is 133 cm³/mol. The molecule has 0 spiro atoms. The lowest BCUT2D eigenvalue weighted by molar-refractivity contribution is 0.0955. The Labute approximate surface area is 196 Å². The van der Waals surface area contributed by atoms with Crippen molar-refractivity contribution in [3.8, 4) is 11.8 Å². The van der Waals surface area contributed by atoms with Crippen molar-refractivity contribution in [1.82, 2.24) is 9.99 Å². The Bertz CT molecular complexity index is 1600. The summed E-state index contributed by atoms with van der Waals surface area (Å²) in [5.41, 5.74) is 5.95. The molecule has 1 heterocycles. The van der Waals surface area contributed by atoms with Crippen LogP contribution in [0.4, 0.5) is 0 Å². The lowest BCUT2D eigenvalue weighted by Gasteiger charge is -2.09. The fourth-order valence-corrected chi connectivity index (χ4v) is 4.10. The van der Waals surface area contributed by atoms with Crippen molar-refractivity contribution >= 4 is 33.8 Å². The van der Waals surface area contributed by atoms with E-state index in [9.17, 15) is 9.90 Å². The number of amides is 1. The highest BCUT2D eigenvalue weighted by atomic mass is 16.3. The van der Waals surface area contributed by atoms with Crippen LogP contribution < -0.4 is 5.43 Å². The number of rotatable bonds is 5. The number of carbonyl (C=O) groups excluding carboxylic acids is 1. The molecule has 0 aliphatic rings. The highest BCUT2D eigenvalue weighted by Gasteiger charge is 2.09. The van der Waals surface area contributed by atoms with Gasteiger partial charge in [-0.1, -0.05) is 54.6 Å². The van der Waals surface area contributed by atoms with E-state index in [1.54, 1.807) is 6.21 Å². The van der Waals surface area contributed by atoms with Crippen molar-refractivity contribution in [2.75, 3.05) is 0 Å². The lowest BCUT2D eigenvalue weighted by Crippen LogP contribution is -2.17. The minimum atomic E-state index is -0.464. The molecule has 1 amide bonds. The first-order valence-corrected chi connectivity index (χ1v) is 10.7. The summed E-state index contributed by atoms with van der Waals surface area (Å²) in [7, 11) is 0. The zero-order chi connectivity index (χ0) is 23.5. The van der Waals surface area contributed by atoms with Crippen LogP contribution in [0.5, 0.6) is 5.75 Å². The summed E-state index contributed by atoms with van der Waals surface area (Å²) < 4.78 is 2.20. The molecule has 5 rings (SSSR count). The molecule has 0 atom stereocenters. The van der Waals surface area contributed by atoms with Gasteiger partial charge in [0.05, 0.1) is 11.8 Å². The van der Waals surface area contributed by atoms with Gasteiger partial charge >= 0.3 is 0 Å². The van der Waals surface area contributed by atoms with Crippen LogP contribution in [-0.4, -0.2) is 21.8 Å². The van der Waals surface area contributed by atoms with E-state index in [1.807, 2.05) is 30.3 Å². The predicted octanol–water partition coefficient (Wildman–Crippen LogP) is 5.18. The van der Waals surface area contributed by atoms with Crippen LogP contribution in [0.15, 0.2) is 96.2 Å². The molecule has 4 aromatic carbocycles. The van der Waals surface area contributed by atoms with Gasteiger partial charge in [0.2, 0.25) is 0 Å². The Morgan fingerprint density at radius 2 is 1.82 bits per heavy atom. The Balaban J connectivity index is 1.38. The first-order valence-electron chi connectivity index (χ1n) is 10.7. The Hall–Kier alpha value is -4.89. The smallest absolute Gasteiger partial charge is 0.271 e. The molecule has 1 aromatic heterocycles. The molecule has 0 saturated carbocycles. The molecule has 5 aromatic rings. The number of hydrazone groups is 1. The highest BCUT2D eigenvalue weighted by molar-refractivity contribution is 6.00. The number of phenolic OH excluding ortho intramolecular Hbond substituents is 1. The summed E-state index contributed by atoms with van der Waals surface area (Å²) in [6.45, 7) is 0.740. The number of aromatic nitrogens is 1. The van der Waals surface area contributed by atoms with Crippen molar-refractivity contribution in [2.45, 2.75) is 6.54 Å². The molecule has 2 N–H and O–H groups in total. The average Bonchev–Trinajstić information content (AvgIpc) is 3.28. The third-order valence-electron chi connectivity index (χ3n) is 5.82. The van der Waals surface area contributed by atoms with Gasteiger partial charge in [-0.2, -0.15) is 10.4 Å². The molecule has 6 nitrogen and oxygen atoms in total. The maximum Gasteiger partial charge on any atom is 0.271 e. The molecule has 0 aliphatic heterocycles. The number of phenols is 1. The minimum absolute atomic E-state index is 0.0360. The Morgan fingerprint density at radius 1 is 1.00 bits per heavy atom. The molecular formula is C28H20N4O2. The third-order valence-corrected chi connectivity index (χ3v) is 5.82. The van der Waals surface area contributed by atoms with Crippen LogP contribution in [0.25, 0.3) is 21.7 Å². The van der Waals surface area contributed by atoms with Gasteiger partial charge in [-0.25, -0.2) is 5.43 Å². The van der Waals surface area contributed by atoms with E-state index in [4.69, 9.17) is 5.26 Å².